The minimum Gasteiger partial charge on any atom is -0.333 e. The molecule has 0 atom stereocenters. The Morgan fingerprint density at radius 1 is 1.35 bits per heavy atom. The van der Waals surface area contributed by atoms with Gasteiger partial charge in [0.15, 0.2) is 0 Å². The van der Waals surface area contributed by atoms with E-state index in [0.29, 0.717) is 10.5 Å². The predicted molar refractivity (Wildman–Crippen MR) is 70.1 cm³/mol. The number of alkyl halides is 3. The lowest BCUT2D eigenvalue weighted by Gasteiger charge is -2.19. The summed E-state index contributed by atoms with van der Waals surface area (Å²) in [6.07, 6.45) is -4.42. The molecule has 0 bridgehead atoms. The SMILES string of the molecule is Cc1cc(C#CCN)cc(C(=O)N(C)CC(F)(F)F)c1. The monoisotopic (exact) mass is 284 g/mol. The highest BCUT2D eigenvalue weighted by Gasteiger charge is 2.31. The maximum absolute atomic E-state index is 12.3. The van der Waals surface area contributed by atoms with Gasteiger partial charge in [-0.3, -0.25) is 4.79 Å². The molecule has 0 aliphatic carbocycles. The van der Waals surface area contributed by atoms with Gasteiger partial charge in [-0.25, -0.2) is 0 Å². The summed E-state index contributed by atoms with van der Waals surface area (Å²) in [5, 5.41) is 0. The van der Waals surface area contributed by atoms with Gasteiger partial charge in [-0.05, 0) is 30.7 Å². The van der Waals surface area contributed by atoms with Crippen molar-refractivity contribution in [3.63, 3.8) is 0 Å². The normalized spacial score (nSPS) is 10.7. The van der Waals surface area contributed by atoms with E-state index in [-0.39, 0.29) is 12.1 Å². The summed E-state index contributed by atoms with van der Waals surface area (Å²) >= 11 is 0. The second kappa shape index (κ2) is 6.44. The first kappa shape index (κ1) is 16.1. The van der Waals surface area contributed by atoms with Gasteiger partial charge in [0.05, 0.1) is 6.54 Å². The predicted octanol–water partition coefficient (Wildman–Crippen LogP) is 1.94. The molecule has 1 amide bonds. The number of amides is 1. The van der Waals surface area contributed by atoms with Gasteiger partial charge in [0.1, 0.15) is 6.54 Å². The highest BCUT2D eigenvalue weighted by molar-refractivity contribution is 5.94. The molecular weight excluding hydrogens is 269 g/mol. The zero-order chi connectivity index (χ0) is 15.3. The molecule has 0 heterocycles. The van der Waals surface area contributed by atoms with Gasteiger partial charge in [-0.1, -0.05) is 11.8 Å². The molecule has 108 valence electrons. The maximum atomic E-state index is 12.3. The Balaban J connectivity index is 3.01. The zero-order valence-electron chi connectivity index (χ0n) is 11.2. The van der Waals surface area contributed by atoms with E-state index in [0.717, 1.165) is 12.6 Å². The fourth-order valence-electron chi connectivity index (χ4n) is 1.69. The Labute approximate surface area is 115 Å². The van der Waals surface area contributed by atoms with Crippen LogP contribution in [0.4, 0.5) is 13.2 Å². The van der Waals surface area contributed by atoms with Gasteiger partial charge in [-0.15, -0.1) is 0 Å². The molecule has 1 aromatic rings. The topological polar surface area (TPSA) is 46.3 Å². The van der Waals surface area contributed by atoms with Crippen molar-refractivity contribution in [1.82, 2.24) is 4.90 Å². The summed E-state index contributed by atoms with van der Waals surface area (Å²) in [6, 6.07) is 4.73. The van der Waals surface area contributed by atoms with Crippen molar-refractivity contribution in [3.05, 3.63) is 34.9 Å². The standard InChI is InChI=1S/C14H15F3N2O/c1-10-6-11(4-3-5-18)8-12(7-10)13(20)19(2)9-14(15,16)17/h6-8H,5,9,18H2,1-2H3. The molecule has 1 aromatic carbocycles. The van der Waals surface area contributed by atoms with E-state index in [4.69, 9.17) is 5.73 Å². The van der Waals surface area contributed by atoms with Crippen LogP contribution < -0.4 is 5.73 Å². The lowest BCUT2D eigenvalue weighted by atomic mass is 10.1. The fraction of sp³-hybridized carbons (Fsp3) is 0.357. The van der Waals surface area contributed by atoms with E-state index in [1.54, 1.807) is 13.0 Å². The van der Waals surface area contributed by atoms with Crippen LogP contribution in [0.15, 0.2) is 18.2 Å². The third-order valence-corrected chi connectivity index (χ3v) is 2.42. The van der Waals surface area contributed by atoms with Crippen LogP contribution in [0.25, 0.3) is 0 Å². The molecule has 6 heteroatoms. The van der Waals surface area contributed by atoms with E-state index in [1.165, 1.54) is 12.1 Å². The van der Waals surface area contributed by atoms with Crippen LogP contribution in [-0.4, -0.2) is 37.1 Å². The number of hydrogen-bond donors (Lipinski definition) is 1. The van der Waals surface area contributed by atoms with Crippen molar-refractivity contribution >= 4 is 5.91 Å². The Kier molecular flexibility index (Phi) is 5.17. The summed E-state index contributed by atoms with van der Waals surface area (Å²) in [5.74, 6) is 4.71. The van der Waals surface area contributed by atoms with Crippen LogP contribution in [0.3, 0.4) is 0 Å². The second-order valence-corrected chi connectivity index (χ2v) is 4.37. The smallest absolute Gasteiger partial charge is 0.333 e. The van der Waals surface area contributed by atoms with Crippen molar-refractivity contribution in [2.45, 2.75) is 13.1 Å². The molecule has 0 aliphatic heterocycles. The first-order valence-corrected chi connectivity index (χ1v) is 5.86. The molecule has 0 spiro atoms. The van der Waals surface area contributed by atoms with E-state index >= 15 is 0 Å². The van der Waals surface area contributed by atoms with Crippen LogP contribution in [-0.2, 0) is 0 Å². The number of nitrogens with two attached hydrogens (primary N) is 1. The molecule has 0 radical (unpaired) electrons. The number of halogens is 3. The van der Waals surface area contributed by atoms with Crippen LogP contribution >= 0.6 is 0 Å². The van der Waals surface area contributed by atoms with Crippen molar-refractivity contribution in [2.24, 2.45) is 5.73 Å². The molecule has 0 saturated carbocycles. The third-order valence-electron chi connectivity index (χ3n) is 2.42. The number of carbonyl (C=O) groups is 1. The van der Waals surface area contributed by atoms with E-state index in [1.807, 2.05) is 0 Å². The first-order chi connectivity index (χ1) is 9.23. The lowest BCUT2D eigenvalue weighted by Crippen LogP contribution is -2.35. The first-order valence-electron chi connectivity index (χ1n) is 5.86. The van der Waals surface area contributed by atoms with Crippen LogP contribution in [0.2, 0.25) is 0 Å². The van der Waals surface area contributed by atoms with Gasteiger partial charge >= 0.3 is 6.18 Å². The molecule has 20 heavy (non-hydrogen) atoms. The Morgan fingerprint density at radius 2 is 2.00 bits per heavy atom. The van der Waals surface area contributed by atoms with Gasteiger partial charge in [0, 0.05) is 18.2 Å². The molecule has 0 aliphatic rings. The molecule has 2 N–H and O–H groups in total. The van der Waals surface area contributed by atoms with E-state index in [9.17, 15) is 18.0 Å². The molecule has 0 fully saturated rings. The Bertz CT molecular complexity index is 556. The average molecular weight is 284 g/mol. The highest BCUT2D eigenvalue weighted by Crippen LogP contribution is 2.18. The van der Waals surface area contributed by atoms with Crippen molar-refractivity contribution in [2.75, 3.05) is 20.1 Å². The second-order valence-electron chi connectivity index (χ2n) is 4.37. The molecule has 0 aromatic heterocycles. The van der Waals surface area contributed by atoms with Gasteiger partial charge < -0.3 is 10.6 Å². The number of aryl methyl sites for hydroxylation is 1. The minimum absolute atomic E-state index is 0.172. The largest absolute Gasteiger partial charge is 0.406 e. The molecule has 1 rings (SSSR count). The van der Waals surface area contributed by atoms with Crippen LogP contribution in [0, 0.1) is 18.8 Å². The van der Waals surface area contributed by atoms with Gasteiger partial charge in [0.25, 0.3) is 5.91 Å². The van der Waals surface area contributed by atoms with Gasteiger partial charge in [0.2, 0.25) is 0 Å². The molecular formula is C14H15F3N2O. The van der Waals surface area contributed by atoms with Gasteiger partial charge in [-0.2, -0.15) is 13.2 Å². The van der Waals surface area contributed by atoms with Crippen molar-refractivity contribution < 1.29 is 18.0 Å². The van der Waals surface area contributed by atoms with Crippen LogP contribution in [0.1, 0.15) is 21.5 Å². The summed E-state index contributed by atoms with van der Waals surface area (Å²) in [7, 11) is 1.11. The number of rotatable bonds is 2. The average Bonchev–Trinajstić information content (AvgIpc) is 2.32. The van der Waals surface area contributed by atoms with Crippen molar-refractivity contribution in [1.29, 1.82) is 0 Å². The lowest BCUT2D eigenvalue weighted by molar-refractivity contribution is -0.138. The zero-order valence-corrected chi connectivity index (χ0v) is 11.2. The Hall–Kier alpha value is -2.00. The van der Waals surface area contributed by atoms with E-state index in [2.05, 4.69) is 11.8 Å². The fourth-order valence-corrected chi connectivity index (χ4v) is 1.69. The van der Waals surface area contributed by atoms with E-state index < -0.39 is 18.6 Å². The number of benzene rings is 1. The minimum atomic E-state index is -4.42. The maximum Gasteiger partial charge on any atom is 0.406 e. The molecule has 0 unspecified atom stereocenters. The summed E-state index contributed by atoms with van der Waals surface area (Å²) in [6.45, 7) is 0.628. The molecule has 3 nitrogen and oxygen atoms in total. The quantitative estimate of drug-likeness (QED) is 0.844. The van der Waals surface area contributed by atoms with Crippen molar-refractivity contribution in [3.8, 4) is 11.8 Å². The highest BCUT2D eigenvalue weighted by atomic mass is 19.4. The number of carbonyl (C=O) groups excluding carboxylic acids is 1. The third kappa shape index (κ3) is 4.94. The number of hydrogen-bond acceptors (Lipinski definition) is 2. The van der Waals surface area contributed by atoms with Crippen LogP contribution in [0.5, 0.6) is 0 Å². The Morgan fingerprint density at radius 3 is 2.55 bits per heavy atom. The summed E-state index contributed by atoms with van der Waals surface area (Å²) in [5.41, 5.74) is 6.74. The summed E-state index contributed by atoms with van der Waals surface area (Å²) < 4.78 is 36.8. The number of nitrogens with zero attached hydrogens (tertiary/aromatic N) is 1. The summed E-state index contributed by atoms with van der Waals surface area (Å²) in [4.78, 5) is 12.6. The molecule has 0 saturated heterocycles.